The van der Waals surface area contributed by atoms with Crippen molar-refractivity contribution in [1.82, 2.24) is 4.98 Å². The molecule has 0 aliphatic carbocycles. The molecule has 1 aliphatic rings. The highest BCUT2D eigenvalue weighted by Gasteiger charge is 2.28. The van der Waals surface area contributed by atoms with E-state index in [4.69, 9.17) is 4.74 Å². The molecule has 0 fully saturated rings. The van der Waals surface area contributed by atoms with Crippen LogP contribution < -0.4 is 4.90 Å². The first-order chi connectivity index (χ1) is 14.7. The van der Waals surface area contributed by atoms with Gasteiger partial charge in [0.2, 0.25) is 0 Å². The summed E-state index contributed by atoms with van der Waals surface area (Å²) in [7, 11) is 0. The summed E-state index contributed by atoms with van der Waals surface area (Å²) in [6.45, 7) is -0.322. The number of ether oxygens (including phenoxy) is 1. The fourth-order valence-electron chi connectivity index (χ4n) is 3.35. The van der Waals surface area contributed by atoms with E-state index in [0.717, 1.165) is 31.4 Å². The number of carbonyl (C=O) groups is 2. The van der Waals surface area contributed by atoms with E-state index in [1.807, 2.05) is 72.8 Å². The van der Waals surface area contributed by atoms with Crippen molar-refractivity contribution < 1.29 is 14.3 Å². The molecule has 1 aliphatic heterocycles. The van der Waals surface area contributed by atoms with E-state index in [0.29, 0.717) is 5.01 Å². The van der Waals surface area contributed by atoms with Crippen LogP contribution in [0.3, 0.4) is 0 Å². The van der Waals surface area contributed by atoms with Crippen LogP contribution in [-0.2, 0) is 20.7 Å². The molecule has 5 rings (SSSR count). The molecule has 0 radical (unpaired) electrons. The molecule has 7 heteroatoms. The Bertz CT molecular complexity index is 1190. The first kappa shape index (κ1) is 18.8. The molecule has 0 spiro atoms. The third kappa shape index (κ3) is 3.58. The maximum absolute atomic E-state index is 13.0. The van der Waals surface area contributed by atoms with E-state index in [1.54, 1.807) is 16.7 Å². The predicted octanol–water partition coefficient (Wildman–Crippen LogP) is 5.21. The summed E-state index contributed by atoms with van der Waals surface area (Å²) in [6, 6.07) is 23.2. The van der Waals surface area contributed by atoms with Crippen molar-refractivity contribution in [3.63, 3.8) is 0 Å². The van der Waals surface area contributed by atoms with Gasteiger partial charge >= 0.3 is 5.97 Å². The second kappa shape index (κ2) is 7.93. The van der Waals surface area contributed by atoms with Gasteiger partial charge in [-0.3, -0.25) is 14.5 Å². The van der Waals surface area contributed by atoms with Gasteiger partial charge in [-0.1, -0.05) is 48.2 Å². The maximum Gasteiger partial charge on any atom is 0.313 e. The lowest BCUT2D eigenvalue weighted by molar-refractivity contribution is -0.147. The molecule has 148 valence electrons. The van der Waals surface area contributed by atoms with E-state index in [9.17, 15) is 9.59 Å². The van der Waals surface area contributed by atoms with Crippen molar-refractivity contribution in [2.45, 2.75) is 16.2 Å². The number of esters is 1. The zero-order valence-electron chi connectivity index (χ0n) is 15.8. The topological polar surface area (TPSA) is 59.5 Å². The molecule has 1 amide bonds. The Hall–Kier alpha value is -3.16. The molecule has 0 bridgehead atoms. The van der Waals surface area contributed by atoms with Gasteiger partial charge in [-0.25, -0.2) is 4.98 Å². The molecule has 0 saturated heterocycles. The number of thiazole rings is 1. The van der Waals surface area contributed by atoms with E-state index in [-0.39, 0.29) is 18.9 Å². The lowest BCUT2D eigenvalue weighted by Crippen LogP contribution is -2.32. The Morgan fingerprint density at radius 2 is 1.50 bits per heavy atom. The number of amides is 1. The zero-order valence-corrected chi connectivity index (χ0v) is 17.4. The summed E-state index contributed by atoms with van der Waals surface area (Å²) >= 11 is 3.08. The Morgan fingerprint density at radius 1 is 0.867 bits per heavy atom. The first-order valence-corrected chi connectivity index (χ1v) is 11.0. The molecule has 5 nitrogen and oxygen atoms in total. The van der Waals surface area contributed by atoms with Crippen molar-refractivity contribution in [2.24, 2.45) is 0 Å². The van der Waals surface area contributed by atoms with Crippen molar-refractivity contribution in [1.29, 1.82) is 0 Å². The highest BCUT2D eigenvalue weighted by atomic mass is 32.2. The van der Waals surface area contributed by atoms with Crippen LogP contribution in [0.2, 0.25) is 0 Å². The Balaban J connectivity index is 1.31. The van der Waals surface area contributed by atoms with Gasteiger partial charge in [-0.15, -0.1) is 11.3 Å². The number of hydrogen-bond acceptors (Lipinski definition) is 6. The molecular formula is C23H16N2O3S2. The van der Waals surface area contributed by atoms with Crippen LogP contribution in [0.4, 0.5) is 11.4 Å². The van der Waals surface area contributed by atoms with Gasteiger partial charge < -0.3 is 4.74 Å². The van der Waals surface area contributed by atoms with Crippen LogP contribution in [-0.4, -0.2) is 23.5 Å². The van der Waals surface area contributed by atoms with Crippen molar-refractivity contribution in [2.75, 3.05) is 11.5 Å². The van der Waals surface area contributed by atoms with E-state index < -0.39 is 5.97 Å². The van der Waals surface area contributed by atoms with Gasteiger partial charge in [-0.05, 0) is 36.4 Å². The van der Waals surface area contributed by atoms with Crippen LogP contribution in [0.1, 0.15) is 5.01 Å². The highest BCUT2D eigenvalue weighted by molar-refractivity contribution is 7.99. The lowest BCUT2D eigenvalue weighted by Gasteiger charge is -2.30. The number of aromatic nitrogens is 1. The van der Waals surface area contributed by atoms with Crippen LogP contribution in [0.25, 0.3) is 10.2 Å². The summed E-state index contributed by atoms with van der Waals surface area (Å²) in [6.07, 6.45) is 0.0512. The van der Waals surface area contributed by atoms with Gasteiger partial charge in [0, 0.05) is 9.79 Å². The predicted molar refractivity (Wildman–Crippen MR) is 118 cm³/mol. The van der Waals surface area contributed by atoms with E-state index >= 15 is 0 Å². The number of fused-ring (bicyclic) bond motifs is 3. The second-order valence-electron chi connectivity index (χ2n) is 6.68. The highest BCUT2D eigenvalue weighted by Crippen LogP contribution is 2.47. The largest absolute Gasteiger partial charge is 0.455 e. The van der Waals surface area contributed by atoms with E-state index in [2.05, 4.69) is 4.98 Å². The molecule has 4 aromatic rings. The van der Waals surface area contributed by atoms with Crippen LogP contribution in [0.15, 0.2) is 82.6 Å². The molecule has 3 aromatic carbocycles. The van der Waals surface area contributed by atoms with Crippen molar-refractivity contribution in [3.8, 4) is 0 Å². The zero-order chi connectivity index (χ0) is 20.5. The number of para-hydroxylation sites is 3. The summed E-state index contributed by atoms with van der Waals surface area (Å²) in [5.41, 5.74) is 2.46. The summed E-state index contributed by atoms with van der Waals surface area (Å²) in [4.78, 5) is 33.4. The fraction of sp³-hybridized carbons (Fsp3) is 0.0870. The molecule has 0 unspecified atom stereocenters. The number of anilines is 2. The van der Waals surface area contributed by atoms with Crippen LogP contribution >= 0.6 is 23.1 Å². The molecule has 0 atom stereocenters. The van der Waals surface area contributed by atoms with Gasteiger partial charge in [0.05, 0.1) is 28.0 Å². The summed E-state index contributed by atoms with van der Waals surface area (Å²) < 4.78 is 6.34. The maximum atomic E-state index is 13.0. The van der Waals surface area contributed by atoms with Crippen LogP contribution in [0.5, 0.6) is 0 Å². The lowest BCUT2D eigenvalue weighted by atomic mass is 10.2. The average molecular weight is 433 g/mol. The van der Waals surface area contributed by atoms with Crippen molar-refractivity contribution in [3.05, 3.63) is 77.8 Å². The first-order valence-electron chi connectivity index (χ1n) is 9.38. The summed E-state index contributed by atoms with van der Waals surface area (Å²) in [5, 5.41) is 0.679. The Morgan fingerprint density at radius 3 is 2.20 bits per heavy atom. The smallest absolute Gasteiger partial charge is 0.313 e. The normalized spacial score (nSPS) is 12.3. The number of hydrogen-bond donors (Lipinski definition) is 0. The fourth-order valence-corrected chi connectivity index (χ4v) is 5.36. The molecule has 30 heavy (non-hydrogen) atoms. The molecule has 1 aromatic heterocycles. The quantitative estimate of drug-likeness (QED) is 0.414. The average Bonchev–Trinajstić information content (AvgIpc) is 3.18. The van der Waals surface area contributed by atoms with Gasteiger partial charge in [0.1, 0.15) is 5.01 Å². The van der Waals surface area contributed by atoms with Crippen molar-refractivity contribution >= 4 is 56.6 Å². The number of carbonyl (C=O) groups excluding carboxylic acids is 2. The number of nitrogens with zero attached hydrogens (tertiary/aromatic N) is 2. The third-order valence-electron chi connectivity index (χ3n) is 4.67. The minimum Gasteiger partial charge on any atom is -0.455 e. The molecule has 0 N–H and O–H groups in total. The number of rotatable bonds is 4. The van der Waals surface area contributed by atoms with Gasteiger partial charge in [0.15, 0.2) is 6.61 Å². The second-order valence-corrected chi connectivity index (χ2v) is 8.88. The minimum absolute atomic E-state index is 0.0512. The van der Waals surface area contributed by atoms with Gasteiger partial charge in [0.25, 0.3) is 5.91 Å². The van der Waals surface area contributed by atoms with Gasteiger partial charge in [-0.2, -0.15) is 0 Å². The molecule has 0 saturated carbocycles. The molecular weight excluding hydrogens is 416 g/mol. The van der Waals surface area contributed by atoms with E-state index in [1.165, 1.54) is 11.3 Å². The number of benzene rings is 3. The summed E-state index contributed by atoms with van der Waals surface area (Å²) in [5.74, 6) is -0.747. The SMILES string of the molecule is O=C(Cc1nc2ccccc2s1)OCC(=O)N1c2ccccc2Sc2ccccc21. The van der Waals surface area contributed by atoms with Crippen LogP contribution in [0, 0.1) is 0 Å². The Labute approximate surface area is 181 Å². The minimum atomic E-state index is -0.463. The monoisotopic (exact) mass is 432 g/mol. The standard InChI is InChI=1S/C23H16N2O3S2/c26-22(14-28-23(27)13-21-24-15-7-1-4-10-18(15)30-21)25-16-8-2-5-11-19(16)29-20-12-6-3-9-17(20)25/h1-12H,13-14H2. The Kier molecular flexibility index (Phi) is 4.98. The third-order valence-corrected chi connectivity index (χ3v) is 6.84. The molecule has 2 heterocycles.